The van der Waals surface area contributed by atoms with Crippen LogP contribution >= 0.6 is 0 Å². The molecule has 3 atom stereocenters. The molecule has 0 aliphatic carbocycles. The van der Waals surface area contributed by atoms with Crippen molar-refractivity contribution in [3.05, 3.63) is 47.7 Å². The van der Waals surface area contributed by atoms with E-state index in [-0.39, 0.29) is 18.5 Å². The second-order valence-electron chi connectivity index (χ2n) is 4.46. The van der Waals surface area contributed by atoms with E-state index in [1.807, 2.05) is 37.3 Å². The van der Waals surface area contributed by atoms with Crippen molar-refractivity contribution in [2.45, 2.75) is 31.8 Å². The summed E-state index contributed by atoms with van der Waals surface area (Å²) in [6, 6.07) is 10.0. The van der Waals surface area contributed by atoms with Gasteiger partial charge in [-0.1, -0.05) is 30.3 Å². The van der Waals surface area contributed by atoms with Crippen LogP contribution in [0.25, 0.3) is 0 Å². The lowest BCUT2D eigenvalue weighted by atomic mass is 10.1. The number of ether oxygens (including phenoxy) is 3. The van der Waals surface area contributed by atoms with Crippen LogP contribution in [0.2, 0.25) is 0 Å². The lowest BCUT2D eigenvalue weighted by Gasteiger charge is -2.38. The normalized spacial score (nSPS) is 32.3. The first kappa shape index (κ1) is 10.8. The monoisotopic (exact) mass is 232 g/mol. The van der Waals surface area contributed by atoms with Gasteiger partial charge in [-0.25, -0.2) is 0 Å². The quantitative estimate of drug-likeness (QED) is 0.745. The molecule has 2 aliphatic heterocycles. The second kappa shape index (κ2) is 4.51. The highest BCUT2D eigenvalue weighted by Gasteiger charge is 2.35. The maximum Gasteiger partial charge on any atom is 0.184 e. The van der Waals surface area contributed by atoms with E-state index >= 15 is 0 Å². The molecular weight excluding hydrogens is 216 g/mol. The molecule has 0 aromatic heterocycles. The summed E-state index contributed by atoms with van der Waals surface area (Å²) in [7, 11) is 0. The van der Waals surface area contributed by atoms with Crippen LogP contribution in [-0.4, -0.2) is 18.8 Å². The van der Waals surface area contributed by atoms with Crippen molar-refractivity contribution >= 4 is 0 Å². The molecule has 1 aromatic rings. The first-order valence-corrected chi connectivity index (χ1v) is 5.98. The van der Waals surface area contributed by atoms with E-state index in [4.69, 9.17) is 14.2 Å². The van der Waals surface area contributed by atoms with E-state index in [0.29, 0.717) is 6.61 Å². The van der Waals surface area contributed by atoms with Crippen LogP contribution in [0.4, 0.5) is 0 Å². The molecule has 0 unspecified atom stereocenters. The molecule has 0 N–H and O–H groups in total. The highest BCUT2D eigenvalue weighted by Crippen LogP contribution is 2.32. The highest BCUT2D eigenvalue weighted by molar-refractivity contribution is 5.16. The molecule has 0 radical (unpaired) electrons. The molecule has 2 heterocycles. The van der Waals surface area contributed by atoms with Gasteiger partial charge in [0.1, 0.15) is 12.2 Å². The minimum atomic E-state index is -0.257. The molecule has 0 spiro atoms. The number of benzene rings is 1. The fourth-order valence-corrected chi connectivity index (χ4v) is 2.25. The van der Waals surface area contributed by atoms with Crippen LogP contribution in [0.1, 0.15) is 25.2 Å². The molecule has 1 saturated heterocycles. The average molecular weight is 232 g/mol. The van der Waals surface area contributed by atoms with Crippen molar-refractivity contribution in [1.29, 1.82) is 0 Å². The summed E-state index contributed by atoms with van der Waals surface area (Å²) in [6.45, 7) is 2.56. The third kappa shape index (κ3) is 2.21. The summed E-state index contributed by atoms with van der Waals surface area (Å²) in [4.78, 5) is 0. The molecule has 0 amide bonds. The first-order valence-electron chi connectivity index (χ1n) is 5.98. The van der Waals surface area contributed by atoms with Crippen LogP contribution < -0.4 is 0 Å². The van der Waals surface area contributed by atoms with Crippen LogP contribution in [0.5, 0.6) is 0 Å². The van der Waals surface area contributed by atoms with Crippen molar-refractivity contribution in [2.24, 2.45) is 0 Å². The summed E-state index contributed by atoms with van der Waals surface area (Å²) in [5, 5.41) is 0. The molecule has 1 aromatic carbocycles. The Labute approximate surface area is 101 Å². The van der Waals surface area contributed by atoms with Gasteiger partial charge in [0.2, 0.25) is 0 Å². The Kier molecular flexibility index (Phi) is 2.87. The van der Waals surface area contributed by atoms with Crippen molar-refractivity contribution < 1.29 is 14.2 Å². The Balaban J connectivity index is 1.73. The summed E-state index contributed by atoms with van der Waals surface area (Å²) in [6.07, 6.45) is 2.88. The third-order valence-corrected chi connectivity index (χ3v) is 3.17. The summed E-state index contributed by atoms with van der Waals surface area (Å²) in [5.74, 6) is 0.969. The molecule has 17 heavy (non-hydrogen) atoms. The van der Waals surface area contributed by atoms with Crippen molar-refractivity contribution in [2.75, 3.05) is 6.61 Å². The van der Waals surface area contributed by atoms with Crippen LogP contribution in [0.3, 0.4) is 0 Å². The van der Waals surface area contributed by atoms with Gasteiger partial charge in [0.15, 0.2) is 6.29 Å². The Morgan fingerprint density at radius 1 is 1.12 bits per heavy atom. The molecule has 3 rings (SSSR count). The average Bonchev–Trinajstić information content (AvgIpc) is 2.39. The Bertz CT molecular complexity index is 413. The molecular formula is C14H16O3. The van der Waals surface area contributed by atoms with Crippen LogP contribution in [0.15, 0.2) is 42.2 Å². The van der Waals surface area contributed by atoms with Crippen molar-refractivity contribution in [1.82, 2.24) is 0 Å². The standard InChI is InChI=1S/C14H16O3/c1-10-7-8-12-13(16-10)9-15-14(17-12)11-5-3-2-4-6-11/h2-7,12-14H,8-9H2,1H3/t12-,13+,14+/m0/s1. The Morgan fingerprint density at radius 3 is 2.76 bits per heavy atom. The number of hydrogen-bond donors (Lipinski definition) is 0. The summed E-state index contributed by atoms with van der Waals surface area (Å²) in [5.41, 5.74) is 1.07. The van der Waals surface area contributed by atoms with Crippen molar-refractivity contribution in [3.8, 4) is 0 Å². The van der Waals surface area contributed by atoms with Gasteiger partial charge < -0.3 is 14.2 Å². The predicted octanol–water partition coefficient (Wildman–Crippen LogP) is 2.79. The molecule has 2 aliphatic rings. The van der Waals surface area contributed by atoms with Crippen LogP contribution in [-0.2, 0) is 14.2 Å². The number of rotatable bonds is 1. The van der Waals surface area contributed by atoms with E-state index in [0.717, 1.165) is 17.7 Å². The number of fused-ring (bicyclic) bond motifs is 1. The largest absolute Gasteiger partial charge is 0.490 e. The smallest absolute Gasteiger partial charge is 0.184 e. The van der Waals surface area contributed by atoms with Crippen molar-refractivity contribution in [3.63, 3.8) is 0 Å². The highest BCUT2D eigenvalue weighted by atomic mass is 16.7. The lowest BCUT2D eigenvalue weighted by molar-refractivity contribution is -0.262. The zero-order valence-corrected chi connectivity index (χ0v) is 9.84. The van der Waals surface area contributed by atoms with Gasteiger partial charge in [0.25, 0.3) is 0 Å². The Hall–Kier alpha value is -1.32. The molecule has 90 valence electrons. The van der Waals surface area contributed by atoms with Gasteiger partial charge in [-0.3, -0.25) is 0 Å². The lowest BCUT2D eigenvalue weighted by Crippen LogP contribution is -2.43. The van der Waals surface area contributed by atoms with Gasteiger partial charge in [-0.2, -0.15) is 0 Å². The van der Waals surface area contributed by atoms with E-state index in [9.17, 15) is 0 Å². The first-order chi connectivity index (χ1) is 8.33. The summed E-state index contributed by atoms with van der Waals surface area (Å²) < 4.78 is 17.3. The Morgan fingerprint density at radius 2 is 1.94 bits per heavy atom. The molecule has 3 heteroatoms. The predicted molar refractivity (Wildman–Crippen MR) is 63.3 cm³/mol. The van der Waals surface area contributed by atoms with E-state index in [1.54, 1.807) is 0 Å². The molecule has 0 bridgehead atoms. The fraction of sp³-hybridized carbons (Fsp3) is 0.429. The number of hydrogen-bond acceptors (Lipinski definition) is 3. The molecule has 0 saturated carbocycles. The zero-order chi connectivity index (χ0) is 11.7. The SMILES string of the molecule is CC1=CC[C@@H]2O[C@H](c3ccccc3)OC[C@H]2O1. The minimum absolute atomic E-state index is 0.0416. The minimum Gasteiger partial charge on any atom is -0.490 e. The number of allylic oxidation sites excluding steroid dienone is 1. The maximum atomic E-state index is 5.93. The van der Waals surface area contributed by atoms with E-state index in [2.05, 4.69) is 6.08 Å². The summed E-state index contributed by atoms with van der Waals surface area (Å²) >= 11 is 0. The molecule has 3 nitrogen and oxygen atoms in total. The molecule has 1 fully saturated rings. The van der Waals surface area contributed by atoms with Gasteiger partial charge >= 0.3 is 0 Å². The van der Waals surface area contributed by atoms with Gasteiger partial charge in [-0.05, 0) is 19.4 Å². The van der Waals surface area contributed by atoms with Gasteiger partial charge in [-0.15, -0.1) is 0 Å². The van der Waals surface area contributed by atoms with E-state index in [1.165, 1.54) is 0 Å². The fourth-order valence-electron chi connectivity index (χ4n) is 2.25. The van der Waals surface area contributed by atoms with Gasteiger partial charge in [0.05, 0.1) is 12.4 Å². The van der Waals surface area contributed by atoms with Gasteiger partial charge in [0, 0.05) is 5.56 Å². The third-order valence-electron chi connectivity index (χ3n) is 3.17. The maximum absolute atomic E-state index is 5.93. The van der Waals surface area contributed by atoms with Crippen LogP contribution in [0, 0.1) is 0 Å². The topological polar surface area (TPSA) is 27.7 Å². The second-order valence-corrected chi connectivity index (χ2v) is 4.46. The zero-order valence-electron chi connectivity index (χ0n) is 9.84. The van der Waals surface area contributed by atoms with E-state index < -0.39 is 0 Å².